The van der Waals surface area contributed by atoms with E-state index in [0.29, 0.717) is 17.3 Å². The number of aliphatic hydroxyl groups excluding tert-OH is 1. The second-order valence-electron chi connectivity index (χ2n) is 9.56. The molecule has 0 saturated heterocycles. The number of aliphatic hydroxyl groups is 1. The Morgan fingerprint density at radius 2 is 1.92 bits per heavy atom. The van der Waals surface area contributed by atoms with Crippen LogP contribution in [0.15, 0.2) is 11.6 Å². The summed E-state index contributed by atoms with van der Waals surface area (Å²) in [6, 6.07) is 0. The van der Waals surface area contributed by atoms with Gasteiger partial charge in [-0.3, -0.25) is 10.1 Å². The van der Waals surface area contributed by atoms with E-state index in [1.165, 1.54) is 25.7 Å². The van der Waals surface area contributed by atoms with Gasteiger partial charge in [0.2, 0.25) is 6.54 Å². The molecule has 3 saturated carbocycles. The largest absolute Gasteiger partial charge is 0.393 e. The summed E-state index contributed by atoms with van der Waals surface area (Å²) in [5.41, 5.74) is 1.52. The van der Waals surface area contributed by atoms with Crippen LogP contribution in [0.2, 0.25) is 0 Å². The van der Waals surface area contributed by atoms with Gasteiger partial charge in [-0.1, -0.05) is 19.9 Å². The molecule has 4 heteroatoms. The Balaban J connectivity index is 1.58. The standard InChI is InChI=1S/C20H31NO3/c1-19-9-7-13(12-21(23)24)11-14(19)3-4-15-16-5-6-18(22)20(16,2)10-8-17(15)19/h7,14-18,22H,3-6,8-12H2,1-2H3/t14-,15-,16+,17+,18-,19-,20-/m0/s1. The third-order valence-electron chi connectivity index (χ3n) is 8.69. The maximum Gasteiger partial charge on any atom is 0.224 e. The van der Waals surface area contributed by atoms with Crippen LogP contribution in [0, 0.1) is 44.6 Å². The van der Waals surface area contributed by atoms with Crippen molar-refractivity contribution in [2.45, 2.75) is 71.3 Å². The summed E-state index contributed by atoms with van der Waals surface area (Å²) < 4.78 is 0. The van der Waals surface area contributed by atoms with Gasteiger partial charge in [-0.25, -0.2) is 0 Å². The van der Waals surface area contributed by atoms with Crippen LogP contribution >= 0.6 is 0 Å². The Morgan fingerprint density at radius 3 is 2.67 bits per heavy atom. The molecule has 0 spiro atoms. The topological polar surface area (TPSA) is 63.4 Å². The monoisotopic (exact) mass is 333 g/mol. The van der Waals surface area contributed by atoms with Gasteiger partial charge in [-0.15, -0.1) is 0 Å². The predicted octanol–water partition coefficient (Wildman–Crippen LogP) is 4.20. The van der Waals surface area contributed by atoms with Gasteiger partial charge < -0.3 is 5.11 Å². The number of nitro groups is 1. The van der Waals surface area contributed by atoms with Crippen LogP contribution in [0.5, 0.6) is 0 Å². The van der Waals surface area contributed by atoms with Gasteiger partial charge in [0.05, 0.1) is 6.10 Å². The van der Waals surface area contributed by atoms with Crippen LogP contribution in [0.25, 0.3) is 0 Å². The third-order valence-corrected chi connectivity index (χ3v) is 8.69. The SMILES string of the molecule is C[C@]12CC=C(C[N+](=O)[O-])C[C@@H]1CC[C@@H]1[C@H]2CC[C@@]2(C)[C@@H]1CC[C@@H]2O. The van der Waals surface area contributed by atoms with Gasteiger partial charge in [-0.05, 0) is 91.4 Å². The molecule has 1 N–H and O–H groups in total. The van der Waals surface area contributed by atoms with Crippen molar-refractivity contribution in [2.75, 3.05) is 6.54 Å². The zero-order valence-electron chi connectivity index (χ0n) is 15.0. The molecule has 4 aliphatic carbocycles. The predicted molar refractivity (Wildman–Crippen MR) is 93.1 cm³/mol. The summed E-state index contributed by atoms with van der Waals surface area (Å²) in [6.45, 7) is 4.82. The van der Waals surface area contributed by atoms with Crippen LogP contribution in [0.3, 0.4) is 0 Å². The van der Waals surface area contributed by atoms with E-state index in [2.05, 4.69) is 19.9 Å². The highest BCUT2D eigenvalue weighted by atomic mass is 16.6. The van der Waals surface area contributed by atoms with Crippen LogP contribution in [0.1, 0.15) is 65.2 Å². The highest BCUT2D eigenvalue weighted by Gasteiger charge is 2.59. The Bertz CT molecular complexity index is 573. The highest BCUT2D eigenvalue weighted by Crippen LogP contribution is 2.65. The first-order chi connectivity index (χ1) is 11.3. The Hall–Kier alpha value is -0.900. The molecule has 24 heavy (non-hydrogen) atoms. The summed E-state index contributed by atoms with van der Waals surface area (Å²) in [5.74, 6) is 2.81. The Morgan fingerprint density at radius 1 is 1.17 bits per heavy atom. The molecule has 0 aromatic heterocycles. The summed E-state index contributed by atoms with van der Waals surface area (Å²) in [5, 5.41) is 21.4. The van der Waals surface area contributed by atoms with Crippen LogP contribution in [-0.2, 0) is 0 Å². The average molecular weight is 333 g/mol. The van der Waals surface area contributed by atoms with Crippen molar-refractivity contribution in [3.8, 4) is 0 Å². The maximum absolute atomic E-state index is 10.9. The average Bonchev–Trinajstić information content (AvgIpc) is 2.83. The van der Waals surface area contributed by atoms with E-state index in [-0.39, 0.29) is 23.0 Å². The number of hydrogen-bond donors (Lipinski definition) is 1. The minimum atomic E-state index is -0.175. The van der Waals surface area contributed by atoms with Gasteiger partial charge in [0.1, 0.15) is 0 Å². The van der Waals surface area contributed by atoms with Crippen LogP contribution < -0.4 is 0 Å². The molecular weight excluding hydrogens is 302 g/mol. The first kappa shape index (κ1) is 16.6. The van der Waals surface area contributed by atoms with Crippen molar-refractivity contribution >= 4 is 0 Å². The van der Waals surface area contributed by atoms with E-state index in [4.69, 9.17) is 0 Å². The zero-order chi connectivity index (χ0) is 17.1. The molecule has 0 heterocycles. The number of allylic oxidation sites excluding steroid dienone is 1. The maximum atomic E-state index is 10.9. The van der Waals surface area contributed by atoms with E-state index in [1.54, 1.807) is 0 Å². The summed E-state index contributed by atoms with van der Waals surface area (Å²) in [6.07, 6.45) is 11.1. The smallest absolute Gasteiger partial charge is 0.224 e. The van der Waals surface area contributed by atoms with Crippen molar-refractivity contribution in [2.24, 2.45) is 34.5 Å². The summed E-state index contributed by atoms with van der Waals surface area (Å²) in [4.78, 5) is 10.7. The molecule has 134 valence electrons. The highest BCUT2D eigenvalue weighted by molar-refractivity contribution is 5.17. The zero-order valence-corrected chi connectivity index (χ0v) is 15.0. The van der Waals surface area contributed by atoms with Gasteiger partial charge in [0.25, 0.3) is 0 Å². The van der Waals surface area contributed by atoms with E-state index in [9.17, 15) is 15.2 Å². The minimum absolute atomic E-state index is 0.0353. The molecule has 7 atom stereocenters. The fourth-order valence-electron chi connectivity index (χ4n) is 7.22. The van der Waals surface area contributed by atoms with Crippen LogP contribution in [0.4, 0.5) is 0 Å². The normalized spacial score (nSPS) is 50.5. The lowest BCUT2D eigenvalue weighted by Gasteiger charge is -2.59. The Kier molecular flexibility index (Phi) is 3.83. The van der Waals surface area contributed by atoms with Gasteiger partial charge >= 0.3 is 0 Å². The molecule has 4 nitrogen and oxygen atoms in total. The van der Waals surface area contributed by atoms with Crippen molar-refractivity contribution < 1.29 is 10.0 Å². The molecule has 4 aliphatic rings. The lowest BCUT2D eigenvalue weighted by atomic mass is 9.45. The van der Waals surface area contributed by atoms with Crippen molar-refractivity contribution in [1.82, 2.24) is 0 Å². The molecule has 3 fully saturated rings. The fraction of sp³-hybridized carbons (Fsp3) is 0.900. The van der Waals surface area contributed by atoms with Gasteiger partial charge in [-0.2, -0.15) is 0 Å². The fourth-order valence-corrected chi connectivity index (χ4v) is 7.22. The van der Waals surface area contributed by atoms with E-state index >= 15 is 0 Å². The second-order valence-corrected chi connectivity index (χ2v) is 9.56. The lowest BCUT2D eigenvalue weighted by molar-refractivity contribution is -0.471. The van der Waals surface area contributed by atoms with Crippen molar-refractivity contribution in [3.63, 3.8) is 0 Å². The molecule has 0 radical (unpaired) electrons. The Labute approximate surface area is 144 Å². The van der Waals surface area contributed by atoms with E-state index < -0.39 is 0 Å². The molecule has 0 unspecified atom stereocenters. The first-order valence-electron chi connectivity index (χ1n) is 9.82. The van der Waals surface area contributed by atoms with E-state index in [1.807, 2.05) is 0 Å². The second kappa shape index (κ2) is 5.55. The summed E-state index contributed by atoms with van der Waals surface area (Å²) >= 11 is 0. The molecular formula is C20H31NO3. The van der Waals surface area contributed by atoms with Gasteiger partial charge in [0, 0.05) is 4.92 Å². The number of hydrogen-bond acceptors (Lipinski definition) is 3. The van der Waals surface area contributed by atoms with Crippen molar-refractivity contribution in [3.05, 3.63) is 21.8 Å². The number of nitrogens with zero attached hydrogens (tertiary/aromatic N) is 1. The van der Waals surface area contributed by atoms with Gasteiger partial charge in [0.15, 0.2) is 0 Å². The summed E-state index contributed by atoms with van der Waals surface area (Å²) in [7, 11) is 0. The molecule has 0 aromatic carbocycles. The van der Waals surface area contributed by atoms with Crippen molar-refractivity contribution in [1.29, 1.82) is 0 Å². The first-order valence-corrected chi connectivity index (χ1v) is 9.82. The van der Waals surface area contributed by atoms with E-state index in [0.717, 1.165) is 43.1 Å². The quantitative estimate of drug-likeness (QED) is 0.468. The molecule has 0 aromatic rings. The molecule has 4 rings (SSSR count). The molecule has 0 aliphatic heterocycles. The molecule has 0 amide bonds. The lowest BCUT2D eigenvalue weighted by Crippen LogP contribution is -2.53. The minimum Gasteiger partial charge on any atom is -0.393 e. The third kappa shape index (κ3) is 2.28. The number of fused-ring (bicyclic) bond motifs is 5. The number of rotatable bonds is 2. The molecule has 0 bridgehead atoms. The van der Waals surface area contributed by atoms with Crippen LogP contribution in [-0.4, -0.2) is 22.7 Å².